The minimum absolute atomic E-state index is 0.0607. The topological polar surface area (TPSA) is 139 Å². The van der Waals surface area contributed by atoms with Gasteiger partial charge >= 0.3 is 0 Å². The number of fused-ring (bicyclic) bond motifs is 12. The van der Waals surface area contributed by atoms with Gasteiger partial charge in [-0.15, -0.1) is 0 Å². The first kappa shape index (κ1) is 49.4. The summed E-state index contributed by atoms with van der Waals surface area (Å²) in [4.78, 5) is 28.8. The Kier molecular flexibility index (Phi) is 13.1. The van der Waals surface area contributed by atoms with Crippen LogP contribution < -0.4 is 10.6 Å². The van der Waals surface area contributed by atoms with Crippen LogP contribution in [-0.4, -0.2) is 69.5 Å². The molecule has 0 aromatic heterocycles. The van der Waals surface area contributed by atoms with Crippen molar-refractivity contribution in [2.24, 2.45) is 92.7 Å². The van der Waals surface area contributed by atoms with Gasteiger partial charge in [0.25, 0.3) is 0 Å². The third kappa shape index (κ3) is 7.67. The van der Waals surface area contributed by atoms with Gasteiger partial charge in [0.2, 0.25) is 0 Å². The minimum atomic E-state index is -0.281. The van der Waals surface area contributed by atoms with Crippen LogP contribution in [0.2, 0.25) is 0 Å². The normalized spacial score (nSPS) is 44.6. The second kappa shape index (κ2) is 18.6. The average molecular weight is 959 g/mol. The number of anilines is 2. The number of benzene rings is 2. The van der Waals surface area contributed by atoms with Crippen LogP contribution in [0.1, 0.15) is 202 Å². The van der Waals surface area contributed by atoms with E-state index in [0.717, 1.165) is 88.4 Å². The second-order valence-electron chi connectivity index (χ2n) is 27.0. The Morgan fingerprint density at radius 2 is 0.957 bits per heavy atom. The van der Waals surface area contributed by atoms with Gasteiger partial charge in [-0.2, -0.15) is 0 Å². The van der Waals surface area contributed by atoms with E-state index in [0.29, 0.717) is 106 Å². The molecule has 0 saturated heterocycles. The van der Waals surface area contributed by atoms with Gasteiger partial charge in [0.05, 0.1) is 35.5 Å². The van der Waals surface area contributed by atoms with Gasteiger partial charge in [-0.3, -0.25) is 9.59 Å². The molecule has 2 aromatic carbocycles. The van der Waals surface area contributed by atoms with Gasteiger partial charge in [-0.25, -0.2) is 0 Å². The van der Waals surface area contributed by atoms with Crippen molar-refractivity contribution >= 4 is 22.9 Å². The number of aliphatic hydroxyl groups excluding tert-OH is 4. The molecule has 2 unspecified atom stereocenters. The van der Waals surface area contributed by atoms with Crippen molar-refractivity contribution in [1.29, 1.82) is 0 Å². The maximum absolute atomic E-state index is 14.6. The zero-order valence-electron chi connectivity index (χ0n) is 43.9. The van der Waals surface area contributed by atoms with Crippen LogP contribution in [0.15, 0.2) is 36.4 Å². The fourth-order valence-corrected chi connectivity index (χ4v) is 20.6. The fraction of sp³-hybridized carbons (Fsp3) is 0.774. The van der Waals surface area contributed by atoms with E-state index in [9.17, 15) is 30.0 Å². The predicted octanol–water partition coefficient (Wildman–Crippen LogP) is 12.1. The molecule has 0 spiro atoms. The van der Waals surface area contributed by atoms with Crippen LogP contribution in [0, 0.1) is 92.7 Å². The maximum atomic E-state index is 14.6. The van der Waals surface area contributed by atoms with Gasteiger partial charge in [0, 0.05) is 35.6 Å². The summed E-state index contributed by atoms with van der Waals surface area (Å²) in [6.07, 6.45) is 20.6. The fourth-order valence-electron chi connectivity index (χ4n) is 20.6. The second-order valence-corrected chi connectivity index (χ2v) is 27.0. The molecule has 8 nitrogen and oxygen atoms in total. The number of aliphatic hydroxyl groups is 4. The molecule has 0 aliphatic heterocycles. The minimum Gasteiger partial charge on any atom is -0.393 e. The Hall–Kier alpha value is -2.78. The summed E-state index contributed by atoms with van der Waals surface area (Å²) in [5, 5.41) is 52.5. The summed E-state index contributed by atoms with van der Waals surface area (Å²) in [7, 11) is 0. The molecular weight excluding hydrogens is 869 g/mol. The van der Waals surface area contributed by atoms with Crippen molar-refractivity contribution in [2.75, 3.05) is 23.7 Å². The van der Waals surface area contributed by atoms with Crippen molar-refractivity contribution in [3.63, 3.8) is 0 Å². The monoisotopic (exact) mass is 959 g/mol. The van der Waals surface area contributed by atoms with E-state index in [1.807, 2.05) is 24.3 Å². The third-order valence-electron chi connectivity index (χ3n) is 24.4. The lowest BCUT2D eigenvalue weighted by molar-refractivity contribution is -0.174. The molecule has 0 amide bonds. The van der Waals surface area contributed by atoms with Crippen molar-refractivity contribution in [3.8, 4) is 0 Å². The zero-order chi connectivity index (χ0) is 49.1. The quantitative estimate of drug-likeness (QED) is 0.0987. The standard InChI is InChI=1S/C62H90N2O6/c1-35(45-21-23-47-41-19-17-37-31-39(65)25-27-59(37,3)49(41)33-53(67)61(45,47)5)11-9-29-63-51-15-7-13-43-55(51)58(70)56-44(57(43)69)14-8-16-52(56)64-30-10-12-36(2)46-22-24-48-42-20-18-38-32-40(66)26-28-60(38,4)50(42)34-54(68)62(46,48)6/h7-8,13-16,35-42,45-50,53-54,63-68H,9-12,17-34H2,1-6H3/t35-,36-,37?,38?,39-,40-,41+,42+,45-,46-,47+,48+,49+,50+,53+,54+,59+,60+,61-,62-/m1/s1. The molecule has 9 aliphatic carbocycles. The van der Waals surface area contributed by atoms with Gasteiger partial charge in [-0.1, -0.05) is 65.8 Å². The summed E-state index contributed by atoms with van der Waals surface area (Å²) in [5.41, 5.74) is 3.75. The average Bonchev–Trinajstić information content (AvgIpc) is 3.90. The van der Waals surface area contributed by atoms with Crippen LogP contribution >= 0.6 is 0 Å². The molecule has 384 valence electrons. The molecular formula is C62H90N2O6. The predicted molar refractivity (Wildman–Crippen MR) is 279 cm³/mol. The highest BCUT2D eigenvalue weighted by Crippen LogP contribution is 2.70. The molecule has 0 bridgehead atoms. The molecule has 8 heteroatoms. The van der Waals surface area contributed by atoms with E-state index < -0.39 is 0 Å². The number of hydrogen-bond acceptors (Lipinski definition) is 8. The molecule has 70 heavy (non-hydrogen) atoms. The first-order chi connectivity index (χ1) is 33.5. The molecule has 11 rings (SSSR count). The Balaban J connectivity index is 0.697. The largest absolute Gasteiger partial charge is 0.393 e. The van der Waals surface area contributed by atoms with E-state index in [1.54, 1.807) is 12.1 Å². The molecule has 0 heterocycles. The molecule has 8 fully saturated rings. The highest BCUT2D eigenvalue weighted by atomic mass is 16.3. The summed E-state index contributed by atoms with van der Waals surface area (Å²) >= 11 is 0. The van der Waals surface area contributed by atoms with Gasteiger partial charge in [0.15, 0.2) is 11.6 Å². The van der Waals surface area contributed by atoms with Gasteiger partial charge in [-0.05, 0) is 233 Å². The molecule has 8 saturated carbocycles. The lowest BCUT2D eigenvalue weighted by Crippen LogP contribution is -2.58. The highest BCUT2D eigenvalue weighted by Gasteiger charge is 2.65. The highest BCUT2D eigenvalue weighted by molar-refractivity contribution is 6.31. The van der Waals surface area contributed by atoms with Crippen LogP contribution in [0.5, 0.6) is 0 Å². The number of carbonyl (C=O) groups excluding carboxylic acids is 2. The number of nitrogens with one attached hydrogen (secondary N) is 2. The SMILES string of the molecule is C[C@H](CCCNc1cccc2c1C(=O)c1c(NCCC[C@@H](C)[C@H]3CC[C@H]4[C@@H]5CCC6C[C@H](O)CC[C@]6(C)[C@H]5C[C@H](O)[C@]34C)cccc1C2=O)[C@H]1CC[C@H]2[C@@H]3CCC4C[C@H](O)CC[C@]4(C)[C@H]3C[C@H](O)[C@]12C. The number of hydrogen-bond donors (Lipinski definition) is 6. The van der Waals surface area contributed by atoms with Crippen molar-refractivity contribution < 1.29 is 30.0 Å². The lowest BCUT2D eigenvalue weighted by atomic mass is 9.43. The van der Waals surface area contributed by atoms with Crippen molar-refractivity contribution in [1.82, 2.24) is 0 Å². The summed E-state index contributed by atoms with van der Waals surface area (Å²) in [5.74, 6) is 6.53. The Morgan fingerprint density at radius 3 is 1.39 bits per heavy atom. The summed E-state index contributed by atoms with van der Waals surface area (Å²) in [6.45, 7) is 16.1. The first-order valence-electron chi connectivity index (χ1n) is 29.0. The van der Waals surface area contributed by atoms with E-state index in [2.05, 4.69) is 52.2 Å². The first-order valence-corrected chi connectivity index (χ1v) is 29.0. The van der Waals surface area contributed by atoms with Crippen molar-refractivity contribution in [3.05, 3.63) is 58.7 Å². The van der Waals surface area contributed by atoms with Crippen LogP contribution in [0.3, 0.4) is 0 Å². The van der Waals surface area contributed by atoms with E-state index in [-0.39, 0.29) is 57.6 Å². The Morgan fingerprint density at radius 1 is 0.529 bits per heavy atom. The van der Waals surface area contributed by atoms with Gasteiger partial charge in [0.1, 0.15) is 0 Å². The Labute approximate surface area is 420 Å². The lowest BCUT2D eigenvalue weighted by Gasteiger charge is -2.62. The summed E-state index contributed by atoms with van der Waals surface area (Å²) in [6, 6.07) is 11.3. The molecule has 2 aromatic rings. The summed E-state index contributed by atoms with van der Waals surface area (Å²) < 4.78 is 0. The van der Waals surface area contributed by atoms with E-state index in [4.69, 9.17) is 0 Å². The van der Waals surface area contributed by atoms with Gasteiger partial charge < -0.3 is 31.1 Å². The number of rotatable bonds is 12. The van der Waals surface area contributed by atoms with Crippen LogP contribution in [-0.2, 0) is 0 Å². The van der Waals surface area contributed by atoms with E-state index >= 15 is 0 Å². The molecule has 9 aliphatic rings. The van der Waals surface area contributed by atoms with E-state index in [1.165, 1.54) is 51.4 Å². The number of carbonyl (C=O) groups is 2. The Bertz CT molecular complexity index is 2140. The maximum Gasteiger partial charge on any atom is 0.198 e. The van der Waals surface area contributed by atoms with Crippen LogP contribution in [0.4, 0.5) is 11.4 Å². The molecule has 20 atom stereocenters. The third-order valence-corrected chi connectivity index (χ3v) is 24.4. The molecule has 0 radical (unpaired) electrons. The van der Waals surface area contributed by atoms with Crippen LogP contribution in [0.25, 0.3) is 0 Å². The zero-order valence-corrected chi connectivity index (χ0v) is 43.9. The molecule has 6 N–H and O–H groups in total. The van der Waals surface area contributed by atoms with Crippen molar-refractivity contribution in [2.45, 2.75) is 194 Å². The smallest absolute Gasteiger partial charge is 0.198 e. The number of ketones is 2.